The molecule has 4 rings (SSSR count). The van der Waals surface area contributed by atoms with Crippen LogP contribution >= 0.6 is 0 Å². The Morgan fingerprint density at radius 2 is 1.46 bits per heavy atom. The maximum Gasteiger partial charge on any atom is 0.262 e. The summed E-state index contributed by atoms with van der Waals surface area (Å²) in [6, 6.07) is 13.5. The third-order valence-electron chi connectivity index (χ3n) is 5.45. The van der Waals surface area contributed by atoms with Gasteiger partial charge in [0.05, 0.1) is 11.1 Å². The van der Waals surface area contributed by atoms with Crippen molar-refractivity contribution < 1.29 is 14.4 Å². The monoisotopic (exact) mass is 377 g/mol. The Morgan fingerprint density at radius 1 is 0.893 bits per heavy atom. The Hall–Kier alpha value is -3.15. The molecule has 1 unspecified atom stereocenters. The Morgan fingerprint density at radius 3 is 2.04 bits per heavy atom. The van der Waals surface area contributed by atoms with Gasteiger partial charge < -0.3 is 10.2 Å². The third kappa shape index (κ3) is 3.26. The summed E-state index contributed by atoms with van der Waals surface area (Å²) < 4.78 is 0. The van der Waals surface area contributed by atoms with E-state index in [1.165, 1.54) is 19.3 Å². The van der Waals surface area contributed by atoms with E-state index >= 15 is 0 Å². The number of nitrogens with zero attached hydrogens (tertiary/aromatic N) is 2. The second-order valence-electron chi connectivity index (χ2n) is 7.29. The minimum Gasteiger partial charge on any atom is -0.372 e. The van der Waals surface area contributed by atoms with Crippen LogP contribution in [0.4, 0.5) is 11.4 Å². The number of nitrogens with one attached hydrogen (secondary N) is 1. The summed E-state index contributed by atoms with van der Waals surface area (Å²) in [5.41, 5.74) is 2.48. The van der Waals surface area contributed by atoms with Crippen molar-refractivity contribution in [3.63, 3.8) is 0 Å². The van der Waals surface area contributed by atoms with Gasteiger partial charge in [0.15, 0.2) is 0 Å². The molecule has 144 valence electrons. The third-order valence-corrected chi connectivity index (χ3v) is 5.45. The second kappa shape index (κ2) is 7.46. The van der Waals surface area contributed by atoms with E-state index in [2.05, 4.69) is 10.2 Å². The minimum absolute atomic E-state index is 0.345. The van der Waals surface area contributed by atoms with Gasteiger partial charge >= 0.3 is 0 Å². The van der Waals surface area contributed by atoms with Gasteiger partial charge in [0.2, 0.25) is 5.91 Å². The van der Waals surface area contributed by atoms with Crippen molar-refractivity contribution in [2.24, 2.45) is 0 Å². The number of carbonyl (C=O) groups excluding carboxylic acids is 3. The fourth-order valence-electron chi connectivity index (χ4n) is 3.83. The first-order chi connectivity index (χ1) is 13.6. The first kappa shape index (κ1) is 18.2. The van der Waals surface area contributed by atoms with E-state index in [-0.39, 0.29) is 5.91 Å². The van der Waals surface area contributed by atoms with E-state index in [0.717, 1.165) is 23.7 Å². The average molecular weight is 377 g/mol. The molecule has 2 aliphatic rings. The Balaban J connectivity index is 1.44. The average Bonchev–Trinajstić information content (AvgIpc) is 2.99. The van der Waals surface area contributed by atoms with Crippen LogP contribution in [-0.2, 0) is 4.79 Å². The van der Waals surface area contributed by atoms with Gasteiger partial charge in [0.25, 0.3) is 11.8 Å². The van der Waals surface area contributed by atoms with Crippen molar-refractivity contribution in [3.05, 3.63) is 59.7 Å². The topological polar surface area (TPSA) is 69.7 Å². The molecule has 3 amide bonds. The number of rotatable bonds is 4. The lowest BCUT2D eigenvalue weighted by molar-refractivity contribution is -0.119. The molecule has 1 N–H and O–H groups in total. The summed E-state index contributed by atoms with van der Waals surface area (Å²) in [6.07, 6.45) is 3.69. The number of benzene rings is 2. The highest BCUT2D eigenvalue weighted by atomic mass is 16.2. The number of hydrogen-bond acceptors (Lipinski definition) is 4. The van der Waals surface area contributed by atoms with Gasteiger partial charge in [0.1, 0.15) is 6.04 Å². The van der Waals surface area contributed by atoms with Crippen LogP contribution in [0.3, 0.4) is 0 Å². The summed E-state index contributed by atoms with van der Waals surface area (Å²) in [4.78, 5) is 41.1. The van der Waals surface area contributed by atoms with E-state index in [4.69, 9.17) is 0 Å². The molecule has 1 saturated heterocycles. The molecule has 1 fully saturated rings. The number of amides is 3. The zero-order valence-corrected chi connectivity index (χ0v) is 15.9. The zero-order chi connectivity index (χ0) is 19.7. The van der Waals surface area contributed by atoms with Crippen LogP contribution in [0.5, 0.6) is 0 Å². The number of anilines is 2. The largest absolute Gasteiger partial charge is 0.372 e. The van der Waals surface area contributed by atoms with Crippen molar-refractivity contribution in [1.29, 1.82) is 0 Å². The SMILES string of the molecule is CC(C(=O)Nc1ccc(N2CCCCC2)cc1)N1C(=O)c2ccccc2C1=O. The van der Waals surface area contributed by atoms with Crippen LogP contribution in [0.2, 0.25) is 0 Å². The molecule has 1 atom stereocenters. The fraction of sp³-hybridized carbons (Fsp3) is 0.318. The molecule has 0 spiro atoms. The summed E-state index contributed by atoms with van der Waals surface area (Å²) in [5.74, 6) is -1.24. The minimum atomic E-state index is -0.894. The molecule has 0 saturated carbocycles. The molecule has 0 aliphatic carbocycles. The number of carbonyl (C=O) groups is 3. The van der Waals surface area contributed by atoms with Crippen molar-refractivity contribution in [3.8, 4) is 0 Å². The van der Waals surface area contributed by atoms with Gasteiger partial charge in [-0.3, -0.25) is 19.3 Å². The molecule has 6 heteroatoms. The Kier molecular flexibility index (Phi) is 4.86. The van der Waals surface area contributed by atoms with E-state index in [0.29, 0.717) is 16.8 Å². The predicted octanol–water partition coefficient (Wildman–Crippen LogP) is 3.30. The molecule has 2 aliphatic heterocycles. The van der Waals surface area contributed by atoms with Gasteiger partial charge in [-0.2, -0.15) is 0 Å². The maximum absolute atomic E-state index is 12.7. The number of piperidine rings is 1. The molecule has 28 heavy (non-hydrogen) atoms. The van der Waals surface area contributed by atoms with E-state index < -0.39 is 17.9 Å². The van der Waals surface area contributed by atoms with Crippen LogP contribution in [0.1, 0.15) is 46.9 Å². The highest BCUT2D eigenvalue weighted by Crippen LogP contribution is 2.26. The first-order valence-corrected chi connectivity index (χ1v) is 9.69. The van der Waals surface area contributed by atoms with Crippen molar-refractivity contribution >= 4 is 29.1 Å². The van der Waals surface area contributed by atoms with Crippen LogP contribution in [0, 0.1) is 0 Å². The quantitative estimate of drug-likeness (QED) is 0.830. The van der Waals surface area contributed by atoms with Crippen molar-refractivity contribution in [1.82, 2.24) is 4.90 Å². The van der Waals surface area contributed by atoms with Gasteiger partial charge in [-0.15, -0.1) is 0 Å². The molecular weight excluding hydrogens is 354 g/mol. The molecule has 6 nitrogen and oxygen atoms in total. The Bertz CT molecular complexity index is 882. The Labute approximate surface area is 164 Å². The van der Waals surface area contributed by atoms with Gasteiger partial charge in [-0.1, -0.05) is 12.1 Å². The van der Waals surface area contributed by atoms with Crippen LogP contribution in [0.15, 0.2) is 48.5 Å². The highest BCUT2D eigenvalue weighted by molar-refractivity contribution is 6.23. The summed E-state index contributed by atoms with van der Waals surface area (Å²) in [7, 11) is 0. The first-order valence-electron chi connectivity index (χ1n) is 9.69. The molecular formula is C22H23N3O3. The van der Waals surface area contributed by atoms with Gasteiger partial charge in [-0.05, 0) is 62.6 Å². The highest BCUT2D eigenvalue weighted by Gasteiger charge is 2.40. The molecule has 0 aromatic heterocycles. The van der Waals surface area contributed by atoms with Crippen molar-refractivity contribution in [2.45, 2.75) is 32.2 Å². The summed E-state index contributed by atoms with van der Waals surface area (Å²) >= 11 is 0. The lowest BCUT2D eigenvalue weighted by Gasteiger charge is -2.29. The lowest BCUT2D eigenvalue weighted by atomic mass is 10.1. The number of fused-ring (bicyclic) bond motifs is 1. The molecule has 0 radical (unpaired) electrons. The predicted molar refractivity (Wildman–Crippen MR) is 108 cm³/mol. The van der Waals surface area contributed by atoms with Crippen LogP contribution < -0.4 is 10.2 Å². The fourth-order valence-corrected chi connectivity index (χ4v) is 3.83. The van der Waals surface area contributed by atoms with E-state index in [9.17, 15) is 14.4 Å². The number of imide groups is 1. The standard InChI is InChI=1S/C22H23N3O3/c1-15(25-21(27)18-7-3-4-8-19(18)22(25)28)20(26)23-16-9-11-17(12-10-16)24-13-5-2-6-14-24/h3-4,7-12,15H,2,5-6,13-14H2,1H3,(H,23,26). The van der Waals surface area contributed by atoms with Crippen LogP contribution in [0.25, 0.3) is 0 Å². The molecule has 2 aromatic carbocycles. The summed E-state index contributed by atoms with van der Waals surface area (Å²) in [5, 5.41) is 2.81. The maximum atomic E-state index is 12.7. The second-order valence-corrected chi connectivity index (χ2v) is 7.29. The van der Waals surface area contributed by atoms with Gasteiger partial charge in [0, 0.05) is 24.5 Å². The molecule has 2 heterocycles. The number of hydrogen-bond donors (Lipinski definition) is 1. The van der Waals surface area contributed by atoms with Gasteiger partial charge in [-0.25, -0.2) is 0 Å². The van der Waals surface area contributed by atoms with Crippen LogP contribution in [-0.4, -0.2) is 41.8 Å². The lowest BCUT2D eigenvalue weighted by Crippen LogP contribution is -2.45. The van der Waals surface area contributed by atoms with Crippen molar-refractivity contribution in [2.75, 3.05) is 23.3 Å². The zero-order valence-electron chi connectivity index (χ0n) is 15.9. The van der Waals surface area contributed by atoms with E-state index in [1.54, 1.807) is 31.2 Å². The summed E-state index contributed by atoms with van der Waals surface area (Å²) in [6.45, 7) is 3.68. The molecule has 2 aromatic rings. The normalized spacial score (nSPS) is 17.5. The smallest absolute Gasteiger partial charge is 0.262 e. The van der Waals surface area contributed by atoms with E-state index in [1.807, 2.05) is 24.3 Å². The molecule has 0 bridgehead atoms.